The number of imidazole rings is 1. The number of aryl methyl sites for hydroxylation is 2. The molecule has 0 spiro atoms. The lowest BCUT2D eigenvalue weighted by atomic mass is 9.96. The molecule has 5 N–H and O–H groups in total. The molecule has 1 aliphatic rings. The van der Waals surface area contributed by atoms with Crippen molar-refractivity contribution in [2.75, 3.05) is 16.8 Å². The van der Waals surface area contributed by atoms with E-state index in [2.05, 4.69) is 69.1 Å². The highest BCUT2D eigenvalue weighted by Gasteiger charge is 2.23. The molecular weight excluding hydrogens is 460 g/mol. The third-order valence-corrected chi connectivity index (χ3v) is 7.22. The molecule has 1 aliphatic carbocycles. The third-order valence-electron chi connectivity index (χ3n) is 7.22. The number of nitrogens with two attached hydrogens (primary N) is 2. The lowest BCUT2D eigenvalue weighted by Crippen LogP contribution is -2.09. The highest BCUT2D eigenvalue weighted by molar-refractivity contribution is 5.95. The standard InChI is InChI=1S/C29H30N8/c1-17-11-23-22(7-9-33-28(23)31)18(2)24(17)14-35-29-25(26(30)8-10-34-29)13-32-12-21-16-37-15-20(19-3-4-19)5-6-27(37)36-21/h5-11,13,15-16,19H,3-4,12,14H2,1-2H3,(H2,31,33)(H3,30,34,35). The van der Waals surface area contributed by atoms with Crippen molar-refractivity contribution in [3.63, 3.8) is 0 Å². The van der Waals surface area contributed by atoms with Crippen LogP contribution in [0.3, 0.4) is 0 Å². The number of nitrogens with one attached hydrogen (secondary N) is 1. The van der Waals surface area contributed by atoms with Gasteiger partial charge in [0.1, 0.15) is 17.3 Å². The van der Waals surface area contributed by atoms with E-state index in [1.807, 2.05) is 6.07 Å². The van der Waals surface area contributed by atoms with Gasteiger partial charge in [-0.25, -0.2) is 15.0 Å². The van der Waals surface area contributed by atoms with Crippen LogP contribution in [0.5, 0.6) is 0 Å². The molecule has 0 aliphatic heterocycles. The smallest absolute Gasteiger partial charge is 0.137 e. The van der Waals surface area contributed by atoms with Gasteiger partial charge in [-0.3, -0.25) is 4.99 Å². The Balaban J connectivity index is 1.21. The molecule has 4 aromatic heterocycles. The van der Waals surface area contributed by atoms with Gasteiger partial charge < -0.3 is 21.2 Å². The van der Waals surface area contributed by atoms with E-state index in [1.54, 1.807) is 24.7 Å². The van der Waals surface area contributed by atoms with Crippen molar-refractivity contribution < 1.29 is 0 Å². The first-order valence-electron chi connectivity index (χ1n) is 12.6. The van der Waals surface area contributed by atoms with Crippen LogP contribution in [0.1, 0.15) is 52.3 Å². The molecule has 0 radical (unpaired) electrons. The summed E-state index contributed by atoms with van der Waals surface area (Å²) in [4.78, 5) is 18.1. The molecule has 8 heteroatoms. The van der Waals surface area contributed by atoms with Crippen molar-refractivity contribution in [1.29, 1.82) is 0 Å². The average molecular weight is 491 g/mol. The van der Waals surface area contributed by atoms with Crippen LogP contribution in [0, 0.1) is 13.8 Å². The van der Waals surface area contributed by atoms with Crippen molar-refractivity contribution in [1.82, 2.24) is 19.4 Å². The molecule has 4 heterocycles. The average Bonchev–Trinajstić information content (AvgIpc) is 3.65. The minimum absolute atomic E-state index is 0.465. The zero-order chi connectivity index (χ0) is 25.5. The quantitative estimate of drug-likeness (QED) is 0.271. The lowest BCUT2D eigenvalue weighted by Gasteiger charge is -2.16. The van der Waals surface area contributed by atoms with Crippen molar-refractivity contribution in [3.8, 4) is 0 Å². The number of aliphatic imine (C=N–C) groups is 1. The monoisotopic (exact) mass is 490 g/mol. The number of nitrogens with zero attached hydrogens (tertiary/aromatic N) is 5. The first-order chi connectivity index (χ1) is 18.0. The molecule has 0 unspecified atom stereocenters. The topological polar surface area (TPSA) is 120 Å². The van der Waals surface area contributed by atoms with Gasteiger partial charge in [0.25, 0.3) is 0 Å². The zero-order valence-electron chi connectivity index (χ0n) is 21.1. The number of nitrogen functional groups attached to an aromatic ring is 2. The Morgan fingerprint density at radius 2 is 1.89 bits per heavy atom. The molecule has 5 aromatic rings. The number of anilines is 3. The van der Waals surface area contributed by atoms with Gasteiger partial charge in [0.05, 0.1) is 17.8 Å². The third kappa shape index (κ3) is 4.46. The van der Waals surface area contributed by atoms with Crippen LogP contribution >= 0.6 is 0 Å². The molecule has 0 atom stereocenters. The number of pyridine rings is 3. The van der Waals surface area contributed by atoms with Crippen molar-refractivity contribution in [2.45, 2.75) is 45.7 Å². The van der Waals surface area contributed by atoms with Gasteiger partial charge in [-0.05, 0) is 84.5 Å². The summed E-state index contributed by atoms with van der Waals surface area (Å²) in [6.45, 7) is 5.27. The molecule has 1 fully saturated rings. The fraction of sp³-hybridized carbons (Fsp3) is 0.241. The fourth-order valence-corrected chi connectivity index (χ4v) is 4.97. The van der Waals surface area contributed by atoms with Crippen LogP contribution in [-0.2, 0) is 13.1 Å². The highest BCUT2D eigenvalue weighted by Crippen LogP contribution is 2.39. The molecule has 0 saturated heterocycles. The van der Waals surface area contributed by atoms with Crippen molar-refractivity contribution in [3.05, 3.63) is 88.6 Å². The summed E-state index contributed by atoms with van der Waals surface area (Å²) in [5.74, 6) is 1.96. The van der Waals surface area contributed by atoms with E-state index in [4.69, 9.17) is 16.5 Å². The molecule has 0 amide bonds. The summed E-state index contributed by atoms with van der Waals surface area (Å²) in [6, 6.07) is 10.2. The summed E-state index contributed by atoms with van der Waals surface area (Å²) in [5, 5.41) is 5.56. The summed E-state index contributed by atoms with van der Waals surface area (Å²) in [5.41, 5.74) is 20.6. The molecule has 1 aromatic carbocycles. The summed E-state index contributed by atoms with van der Waals surface area (Å²) < 4.78 is 2.10. The minimum atomic E-state index is 0.465. The van der Waals surface area contributed by atoms with Gasteiger partial charge in [-0.15, -0.1) is 0 Å². The molecule has 186 valence electrons. The second-order valence-electron chi connectivity index (χ2n) is 9.81. The second kappa shape index (κ2) is 9.20. The molecule has 1 saturated carbocycles. The van der Waals surface area contributed by atoms with Gasteiger partial charge in [0.15, 0.2) is 0 Å². The fourth-order valence-electron chi connectivity index (χ4n) is 4.97. The van der Waals surface area contributed by atoms with E-state index in [0.29, 0.717) is 36.3 Å². The van der Waals surface area contributed by atoms with Crippen LogP contribution < -0.4 is 16.8 Å². The maximum atomic E-state index is 6.32. The molecule has 8 nitrogen and oxygen atoms in total. The van der Waals surface area contributed by atoms with E-state index >= 15 is 0 Å². The predicted octanol–water partition coefficient (Wildman–Crippen LogP) is 5.17. The maximum Gasteiger partial charge on any atom is 0.137 e. The predicted molar refractivity (Wildman–Crippen MR) is 150 cm³/mol. The Bertz CT molecular complexity index is 1660. The van der Waals surface area contributed by atoms with Crippen molar-refractivity contribution in [2.24, 2.45) is 4.99 Å². The summed E-state index contributed by atoms with van der Waals surface area (Å²) in [7, 11) is 0. The van der Waals surface area contributed by atoms with Gasteiger partial charge in [0, 0.05) is 48.6 Å². The van der Waals surface area contributed by atoms with Crippen LogP contribution in [0.2, 0.25) is 0 Å². The first-order valence-corrected chi connectivity index (χ1v) is 12.6. The molecule has 37 heavy (non-hydrogen) atoms. The van der Waals surface area contributed by atoms with E-state index < -0.39 is 0 Å². The number of hydrogen-bond acceptors (Lipinski definition) is 7. The summed E-state index contributed by atoms with van der Waals surface area (Å²) in [6.07, 6.45) is 12.1. The highest BCUT2D eigenvalue weighted by atomic mass is 15.0. The number of rotatable bonds is 7. The van der Waals surface area contributed by atoms with Crippen LogP contribution in [0.15, 0.2) is 60.1 Å². The Morgan fingerprint density at radius 1 is 1.05 bits per heavy atom. The van der Waals surface area contributed by atoms with Crippen LogP contribution in [0.4, 0.5) is 17.3 Å². The number of aromatic nitrogens is 4. The summed E-state index contributed by atoms with van der Waals surface area (Å²) >= 11 is 0. The van der Waals surface area contributed by atoms with Crippen molar-refractivity contribution >= 4 is 40.0 Å². The number of fused-ring (bicyclic) bond motifs is 2. The van der Waals surface area contributed by atoms with Gasteiger partial charge in [-0.1, -0.05) is 6.07 Å². The van der Waals surface area contributed by atoms with E-state index in [-0.39, 0.29) is 0 Å². The molecule has 0 bridgehead atoms. The zero-order valence-corrected chi connectivity index (χ0v) is 21.1. The largest absolute Gasteiger partial charge is 0.398 e. The van der Waals surface area contributed by atoms with E-state index in [1.165, 1.54) is 29.5 Å². The normalized spacial score (nSPS) is 13.7. The Labute approximate surface area is 215 Å². The Hall–Kier alpha value is -4.46. The molecule has 6 rings (SSSR count). The maximum absolute atomic E-state index is 6.32. The van der Waals surface area contributed by atoms with Crippen LogP contribution in [-0.4, -0.2) is 25.6 Å². The first kappa shape index (κ1) is 23.0. The van der Waals surface area contributed by atoms with Crippen LogP contribution in [0.25, 0.3) is 16.4 Å². The Kier molecular flexibility index (Phi) is 5.71. The molecular formula is C29H30N8. The second-order valence-corrected chi connectivity index (χ2v) is 9.81. The van der Waals surface area contributed by atoms with Gasteiger partial charge in [0.2, 0.25) is 0 Å². The van der Waals surface area contributed by atoms with E-state index in [0.717, 1.165) is 33.2 Å². The van der Waals surface area contributed by atoms with E-state index in [9.17, 15) is 0 Å². The Morgan fingerprint density at radius 3 is 2.73 bits per heavy atom. The van der Waals surface area contributed by atoms with Gasteiger partial charge in [-0.2, -0.15) is 0 Å². The van der Waals surface area contributed by atoms with Gasteiger partial charge >= 0.3 is 0 Å². The number of hydrogen-bond donors (Lipinski definition) is 3. The SMILES string of the molecule is Cc1cc2c(N)nccc2c(C)c1CNc1nccc(N)c1C=NCc1cn2cc(C3CC3)ccc2n1. The minimum Gasteiger partial charge on any atom is -0.398 e. The lowest BCUT2D eigenvalue weighted by molar-refractivity contribution is 1.02. The number of benzene rings is 1.